The predicted molar refractivity (Wildman–Crippen MR) is 95.8 cm³/mol. The molecule has 0 amide bonds. The Bertz CT molecular complexity index is 922. The molecule has 2 aromatic rings. The van der Waals surface area contributed by atoms with Crippen LogP contribution in [0.3, 0.4) is 0 Å². The van der Waals surface area contributed by atoms with Gasteiger partial charge in [0, 0.05) is 0 Å². The van der Waals surface area contributed by atoms with Gasteiger partial charge < -0.3 is 4.74 Å². The Hall–Kier alpha value is -2.65. The second kappa shape index (κ2) is 7.30. The molecule has 0 spiro atoms. The molecule has 0 heterocycles. The lowest BCUT2D eigenvalue weighted by molar-refractivity contribution is -0.148. The summed E-state index contributed by atoms with van der Waals surface area (Å²) >= 11 is 0. The lowest BCUT2D eigenvalue weighted by Gasteiger charge is -2.26. The van der Waals surface area contributed by atoms with Crippen molar-refractivity contribution in [3.8, 4) is 6.07 Å². The van der Waals surface area contributed by atoms with E-state index in [1.54, 1.807) is 42.5 Å². The minimum Gasteiger partial charge on any atom is -0.460 e. The van der Waals surface area contributed by atoms with Gasteiger partial charge in [-0.3, -0.25) is 4.79 Å². The van der Waals surface area contributed by atoms with Crippen LogP contribution in [0.4, 0.5) is 0 Å². The van der Waals surface area contributed by atoms with Gasteiger partial charge in [0.05, 0.1) is 16.5 Å². The van der Waals surface area contributed by atoms with Gasteiger partial charge in [-0.05, 0) is 42.7 Å². The Balaban J connectivity index is 1.83. The van der Waals surface area contributed by atoms with Crippen molar-refractivity contribution in [2.45, 2.75) is 41.9 Å². The van der Waals surface area contributed by atoms with Gasteiger partial charge >= 0.3 is 5.97 Å². The highest BCUT2D eigenvalue weighted by molar-refractivity contribution is 7.93. The number of carbonyl (C=O) groups excluding carboxylic acids is 1. The zero-order valence-corrected chi connectivity index (χ0v) is 15.0. The Kier molecular flexibility index (Phi) is 5.10. The quantitative estimate of drug-likeness (QED) is 0.754. The van der Waals surface area contributed by atoms with Gasteiger partial charge in [0.25, 0.3) is 0 Å². The number of benzene rings is 2. The van der Waals surface area contributed by atoms with Crippen molar-refractivity contribution in [1.29, 1.82) is 5.26 Å². The third kappa shape index (κ3) is 3.23. The molecule has 6 heteroatoms. The summed E-state index contributed by atoms with van der Waals surface area (Å²) in [6, 6.07) is 16.8. The summed E-state index contributed by atoms with van der Waals surface area (Å²) in [5, 5.41) is 8.82. The average molecular weight is 369 g/mol. The van der Waals surface area contributed by atoms with E-state index in [9.17, 15) is 13.2 Å². The van der Waals surface area contributed by atoms with Gasteiger partial charge in [-0.15, -0.1) is 0 Å². The summed E-state index contributed by atoms with van der Waals surface area (Å²) in [5.74, 6) is -0.691. The Morgan fingerprint density at radius 3 is 2.23 bits per heavy atom. The summed E-state index contributed by atoms with van der Waals surface area (Å²) in [6.45, 7) is -0.0173. The highest BCUT2D eigenvalue weighted by atomic mass is 32.2. The number of nitriles is 1. The monoisotopic (exact) mass is 369 g/mol. The van der Waals surface area contributed by atoms with Crippen LogP contribution in [0.2, 0.25) is 0 Å². The number of rotatable bonds is 5. The van der Waals surface area contributed by atoms with Crippen molar-refractivity contribution in [3.05, 3.63) is 65.7 Å². The van der Waals surface area contributed by atoms with E-state index in [-0.39, 0.29) is 24.3 Å². The molecular formula is C20H19NO4S. The number of sulfone groups is 1. The topological polar surface area (TPSA) is 84.2 Å². The maximum atomic E-state index is 13.2. The van der Waals surface area contributed by atoms with E-state index in [1.807, 2.05) is 6.07 Å². The first-order valence-corrected chi connectivity index (χ1v) is 9.94. The third-order valence-electron chi connectivity index (χ3n) is 4.80. The summed E-state index contributed by atoms with van der Waals surface area (Å²) in [6.07, 6.45) is 1.91. The molecule has 0 bridgehead atoms. The van der Waals surface area contributed by atoms with Crippen LogP contribution >= 0.6 is 0 Å². The first-order valence-electron chi connectivity index (χ1n) is 8.45. The molecule has 0 unspecified atom stereocenters. The zero-order chi connectivity index (χ0) is 18.6. The van der Waals surface area contributed by atoms with Crippen molar-refractivity contribution in [1.82, 2.24) is 0 Å². The first-order chi connectivity index (χ1) is 12.5. The lowest BCUT2D eigenvalue weighted by atomic mass is 10.1. The summed E-state index contributed by atoms with van der Waals surface area (Å²) < 4.78 is 30.2. The van der Waals surface area contributed by atoms with Crippen molar-refractivity contribution in [3.63, 3.8) is 0 Å². The summed E-state index contributed by atoms with van der Waals surface area (Å²) in [7, 11) is -3.83. The fourth-order valence-corrected chi connectivity index (χ4v) is 5.38. The minimum absolute atomic E-state index is 0.0173. The average Bonchev–Trinajstić information content (AvgIpc) is 3.19. The fourth-order valence-electron chi connectivity index (χ4n) is 3.31. The summed E-state index contributed by atoms with van der Waals surface area (Å²) in [4.78, 5) is 13.0. The molecule has 134 valence electrons. The van der Waals surface area contributed by atoms with Crippen LogP contribution in [0.5, 0.6) is 0 Å². The molecule has 0 N–H and O–H groups in total. The first kappa shape index (κ1) is 18.2. The molecule has 0 radical (unpaired) electrons. The molecule has 1 saturated carbocycles. The van der Waals surface area contributed by atoms with Crippen molar-refractivity contribution >= 4 is 15.8 Å². The number of esters is 1. The van der Waals surface area contributed by atoms with E-state index in [2.05, 4.69) is 0 Å². The number of hydrogen-bond donors (Lipinski definition) is 0. The molecular weight excluding hydrogens is 350 g/mol. The number of ether oxygens (including phenoxy) is 1. The summed E-state index contributed by atoms with van der Waals surface area (Å²) in [5.41, 5.74) is 1.22. The lowest BCUT2D eigenvalue weighted by Crippen LogP contribution is -2.45. The maximum absolute atomic E-state index is 13.2. The molecule has 26 heavy (non-hydrogen) atoms. The number of hydrogen-bond acceptors (Lipinski definition) is 5. The molecule has 5 nitrogen and oxygen atoms in total. The predicted octanol–water partition coefficient (Wildman–Crippen LogP) is 3.39. The molecule has 0 aliphatic heterocycles. The van der Waals surface area contributed by atoms with Crippen molar-refractivity contribution < 1.29 is 17.9 Å². The van der Waals surface area contributed by atoms with Crippen molar-refractivity contribution in [2.24, 2.45) is 0 Å². The van der Waals surface area contributed by atoms with Crippen LogP contribution in [0.25, 0.3) is 0 Å². The van der Waals surface area contributed by atoms with Gasteiger partial charge in [-0.25, -0.2) is 8.42 Å². The normalized spacial score (nSPS) is 16.0. The van der Waals surface area contributed by atoms with E-state index in [4.69, 9.17) is 10.00 Å². The largest absolute Gasteiger partial charge is 0.460 e. The van der Waals surface area contributed by atoms with Crippen LogP contribution in [0.15, 0.2) is 59.5 Å². The standard InChI is InChI=1S/C20H19NO4S/c21-14-16-8-10-17(11-9-16)15-25-19(22)20(12-4-5-13-20)26(23,24)18-6-2-1-3-7-18/h1-3,6-11H,4-5,12-13,15H2. The van der Waals surface area contributed by atoms with E-state index in [1.165, 1.54) is 12.1 Å². The molecule has 0 saturated heterocycles. The van der Waals surface area contributed by atoms with Crippen LogP contribution in [-0.2, 0) is 26.0 Å². The van der Waals surface area contributed by atoms with E-state index < -0.39 is 20.6 Å². The van der Waals surface area contributed by atoms with E-state index in [0.29, 0.717) is 24.0 Å². The highest BCUT2D eigenvalue weighted by Crippen LogP contribution is 2.41. The third-order valence-corrected chi connectivity index (χ3v) is 7.30. The van der Waals surface area contributed by atoms with Gasteiger partial charge in [0.15, 0.2) is 14.6 Å². The Morgan fingerprint density at radius 1 is 1.04 bits per heavy atom. The maximum Gasteiger partial charge on any atom is 0.328 e. The molecule has 2 aromatic carbocycles. The zero-order valence-electron chi connectivity index (χ0n) is 14.2. The van der Waals surface area contributed by atoms with Crippen LogP contribution in [0, 0.1) is 11.3 Å². The molecule has 1 fully saturated rings. The molecule has 0 aromatic heterocycles. The van der Waals surface area contributed by atoms with Gasteiger partial charge in [0.2, 0.25) is 0 Å². The van der Waals surface area contributed by atoms with Crippen LogP contribution in [-0.4, -0.2) is 19.1 Å². The number of carbonyl (C=O) groups is 1. The van der Waals surface area contributed by atoms with Crippen LogP contribution in [0.1, 0.15) is 36.8 Å². The SMILES string of the molecule is N#Cc1ccc(COC(=O)C2(S(=O)(=O)c3ccccc3)CCCC2)cc1. The molecule has 3 rings (SSSR count). The Morgan fingerprint density at radius 2 is 1.65 bits per heavy atom. The second-order valence-corrected chi connectivity index (χ2v) is 8.66. The minimum atomic E-state index is -3.83. The van der Waals surface area contributed by atoms with Gasteiger partial charge in [-0.1, -0.05) is 43.2 Å². The smallest absolute Gasteiger partial charge is 0.328 e. The van der Waals surface area contributed by atoms with Crippen LogP contribution < -0.4 is 0 Å². The molecule has 0 atom stereocenters. The van der Waals surface area contributed by atoms with Gasteiger partial charge in [-0.2, -0.15) is 5.26 Å². The fraction of sp³-hybridized carbons (Fsp3) is 0.300. The van der Waals surface area contributed by atoms with E-state index >= 15 is 0 Å². The van der Waals surface area contributed by atoms with E-state index in [0.717, 1.165) is 0 Å². The highest BCUT2D eigenvalue weighted by Gasteiger charge is 2.54. The second-order valence-electron chi connectivity index (χ2n) is 6.40. The Labute approximate surface area is 153 Å². The molecule has 1 aliphatic rings. The number of nitrogens with zero attached hydrogens (tertiary/aromatic N) is 1. The van der Waals surface area contributed by atoms with Gasteiger partial charge in [0.1, 0.15) is 6.61 Å². The molecule has 1 aliphatic carbocycles. The van der Waals surface area contributed by atoms with Crippen molar-refractivity contribution in [2.75, 3.05) is 0 Å².